The van der Waals surface area contributed by atoms with Gasteiger partial charge in [-0.1, -0.05) is 48.6 Å². The Morgan fingerprint density at radius 1 is 0.737 bits per heavy atom. The lowest BCUT2D eigenvalue weighted by Gasteiger charge is -2.19. The van der Waals surface area contributed by atoms with Crippen molar-refractivity contribution in [3.05, 3.63) is 59.7 Å². The number of rotatable bonds is 0. The van der Waals surface area contributed by atoms with Crippen LogP contribution in [-0.2, 0) is 12.8 Å². The average molecular weight is 270 g/mol. The highest BCUT2D eigenvalue weighted by Gasteiger charge is 2.03. The van der Waals surface area contributed by atoms with E-state index >= 15 is 0 Å². The molecule has 0 N–H and O–H groups in total. The maximum Gasteiger partial charge on any atom is 0.251 e. The highest BCUT2D eigenvalue weighted by atomic mass is 28.2. The van der Waals surface area contributed by atoms with Gasteiger partial charge in [-0.15, -0.1) is 0 Å². The Labute approximate surface area is 119 Å². The van der Waals surface area contributed by atoms with Crippen molar-refractivity contribution in [2.45, 2.75) is 12.8 Å². The normalized spacial score (nSPS) is 22.6. The van der Waals surface area contributed by atoms with Gasteiger partial charge in [0, 0.05) is 13.1 Å². The third-order valence-corrected chi connectivity index (χ3v) is 4.21. The van der Waals surface area contributed by atoms with E-state index in [2.05, 4.69) is 71.8 Å². The van der Waals surface area contributed by atoms with Crippen molar-refractivity contribution in [2.24, 2.45) is 0 Å². The summed E-state index contributed by atoms with van der Waals surface area (Å²) >= 11 is 0. The lowest BCUT2D eigenvalue weighted by Crippen LogP contribution is -2.37. The fraction of sp³-hybridized carbons (Fsp3) is 0.375. The Balaban J connectivity index is 2.07. The smallest absolute Gasteiger partial charge is 0.251 e. The second-order valence-corrected chi connectivity index (χ2v) is 6.76. The summed E-state index contributed by atoms with van der Waals surface area (Å²) in [7, 11) is 5.09. The van der Waals surface area contributed by atoms with E-state index in [9.17, 15) is 0 Å². The predicted molar refractivity (Wildman–Crippen MR) is 83.1 cm³/mol. The van der Waals surface area contributed by atoms with E-state index in [0.717, 1.165) is 35.8 Å². The molecule has 0 unspecified atom stereocenters. The van der Waals surface area contributed by atoms with Crippen LogP contribution in [0.2, 0.25) is 0 Å². The summed E-state index contributed by atoms with van der Waals surface area (Å²) < 4.78 is 4.71. The first kappa shape index (κ1) is 14.3. The van der Waals surface area contributed by atoms with Crippen LogP contribution in [0.15, 0.2) is 48.6 Å². The number of hydrogen-bond donors (Lipinski definition) is 0. The quantitative estimate of drug-likeness (QED) is 0.527. The molecule has 0 saturated heterocycles. The summed E-state index contributed by atoms with van der Waals surface area (Å²) in [6, 6.07) is 8.96. The topological polar surface area (TPSA) is 6.48 Å². The summed E-state index contributed by atoms with van der Waals surface area (Å²) in [6.07, 6.45) is 11.1. The maximum absolute atomic E-state index is 2.35. The molecule has 2 aliphatic rings. The molecule has 19 heavy (non-hydrogen) atoms. The molecule has 100 valence electrons. The standard InChI is InChI=1S/C16H22N2Si/c1-17-13-5-3-7-15-9-11-16(12-10-15)8-4-6-14-18(2)19-17/h3-6,9-12H,7-8,13-14H2,1-2H3/b5-3-,6-4-. The summed E-state index contributed by atoms with van der Waals surface area (Å²) in [6.45, 7) is 2.04. The summed E-state index contributed by atoms with van der Waals surface area (Å²) in [4.78, 5) is 0. The molecule has 0 fully saturated rings. The van der Waals surface area contributed by atoms with Crippen molar-refractivity contribution in [3.63, 3.8) is 0 Å². The molecule has 2 aliphatic heterocycles. The van der Waals surface area contributed by atoms with Gasteiger partial charge >= 0.3 is 0 Å². The number of benzene rings is 1. The van der Waals surface area contributed by atoms with Gasteiger partial charge in [-0.05, 0) is 38.1 Å². The number of hydrogen-bond acceptors (Lipinski definition) is 2. The van der Waals surface area contributed by atoms with Gasteiger partial charge in [0.05, 0.1) is 0 Å². The highest BCUT2D eigenvalue weighted by molar-refractivity contribution is 6.28. The van der Waals surface area contributed by atoms with E-state index in [0.29, 0.717) is 0 Å². The number of nitrogens with zero attached hydrogens (tertiary/aromatic N) is 2. The van der Waals surface area contributed by atoms with Crippen LogP contribution in [-0.4, -0.2) is 46.2 Å². The lowest BCUT2D eigenvalue weighted by atomic mass is 10.1. The first-order chi connectivity index (χ1) is 9.24. The molecule has 1 aromatic carbocycles. The summed E-state index contributed by atoms with van der Waals surface area (Å²) in [5.74, 6) is 0. The third-order valence-electron chi connectivity index (χ3n) is 3.16. The predicted octanol–water partition coefficient (Wildman–Crippen LogP) is 2.30. The van der Waals surface area contributed by atoms with Crippen LogP contribution in [0.3, 0.4) is 0 Å². The van der Waals surface area contributed by atoms with Crippen molar-refractivity contribution < 1.29 is 0 Å². The van der Waals surface area contributed by atoms with Gasteiger partial charge < -0.3 is 9.13 Å². The first-order valence-corrected chi connectivity index (χ1v) is 7.70. The van der Waals surface area contributed by atoms with E-state index in [1.807, 2.05) is 0 Å². The zero-order valence-corrected chi connectivity index (χ0v) is 12.8. The first-order valence-electron chi connectivity index (χ1n) is 6.80. The summed E-state index contributed by atoms with van der Waals surface area (Å²) in [5, 5.41) is 0. The second-order valence-electron chi connectivity index (χ2n) is 5.03. The molecule has 0 aromatic heterocycles. The fourth-order valence-corrected chi connectivity index (χ4v) is 3.05. The average Bonchev–Trinajstić information content (AvgIpc) is 2.41. The molecule has 0 aliphatic carbocycles. The zero-order chi connectivity index (χ0) is 13.5. The minimum Gasteiger partial charge on any atom is -0.311 e. The van der Waals surface area contributed by atoms with Gasteiger partial charge in [0.2, 0.25) is 0 Å². The van der Waals surface area contributed by atoms with E-state index in [1.165, 1.54) is 11.1 Å². The molecule has 3 rings (SSSR count). The van der Waals surface area contributed by atoms with Gasteiger partial charge in [-0.25, -0.2) is 0 Å². The number of likely N-dealkylation sites (N-methyl/N-ethyl adjacent to an activating group) is 2. The Bertz CT molecular complexity index is 396. The van der Waals surface area contributed by atoms with Crippen molar-refractivity contribution in [1.29, 1.82) is 0 Å². The maximum atomic E-state index is 2.35. The van der Waals surface area contributed by atoms with E-state index < -0.39 is 0 Å². The molecular weight excluding hydrogens is 248 g/mol. The summed E-state index contributed by atoms with van der Waals surface area (Å²) in [5.41, 5.74) is 2.78. The van der Waals surface area contributed by atoms with Gasteiger partial charge in [-0.3, -0.25) is 0 Å². The van der Waals surface area contributed by atoms with Crippen LogP contribution < -0.4 is 0 Å². The minimum atomic E-state index is 0.742. The highest BCUT2D eigenvalue weighted by Crippen LogP contribution is 2.07. The fourth-order valence-electron chi connectivity index (χ4n) is 2.09. The molecule has 2 bridgehead atoms. The van der Waals surface area contributed by atoms with Gasteiger partial charge in [0.25, 0.3) is 9.84 Å². The van der Waals surface area contributed by atoms with Crippen LogP contribution in [0, 0.1) is 0 Å². The Morgan fingerprint density at radius 2 is 1.16 bits per heavy atom. The van der Waals surface area contributed by atoms with Gasteiger partial charge in [0.15, 0.2) is 0 Å². The van der Waals surface area contributed by atoms with Gasteiger partial charge in [0.1, 0.15) is 0 Å². The molecular formula is C16H22N2Si. The molecule has 1 aromatic rings. The van der Waals surface area contributed by atoms with Crippen LogP contribution in [0.4, 0.5) is 0 Å². The van der Waals surface area contributed by atoms with Crippen LogP contribution in [0.5, 0.6) is 0 Å². The molecule has 2 radical (unpaired) electrons. The molecule has 0 atom stereocenters. The Hall–Kier alpha value is -1.16. The van der Waals surface area contributed by atoms with E-state index in [-0.39, 0.29) is 0 Å². The van der Waals surface area contributed by atoms with Crippen molar-refractivity contribution in [3.8, 4) is 0 Å². The molecule has 0 spiro atoms. The van der Waals surface area contributed by atoms with E-state index in [4.69, 9.17) is 0 Å². The number of allylic oxidation sites excluding steroid dienone is 2. The van der Waals surface area contributed by atoms with Crippen LogP contribution in [0.1, 0.15) is 11.1 Å². The van der Waals surface area contributed by atoms with Crippen molar-refractivity contribution >= 4 is 9.84 Å². The number of fused-ring (bicyclic) bond motifs is 10. The second kappa shape index (κ2) is 7.43. The third kappa shape index (κ3) is 5.15. The molecule has 2 heterocycles. The van der Waals surface area contributed by atoms with Crippen LogP contribution in [0.25, 0.3) is 0 Å². The van der Waals surface area contributed by atoms with Gasteiger partial charge in [-0.2, -0.15) is 0 Å². The Morgan fingerprint density at radius 3 is 1.58 bits per heavy atom. The Kier molecular flexibility index (Phi) is 5.57. The largest absolute Gasteiger partial charge is 0.311 e. The molecule has 3 heteroatoms. The SMILES string of the molecule is CN1C/C=C\Cc2ccc(cc2)C/C=C\CN(C)[Si]1. The van der Waals surface area contributed by atoms with Crippen molar-refractivity contribution in [2.75, 3.05) is 27.2 Å². The molecule has 2 nitrogen and oxygen atoms in total. The molecule has 0 saturated carbocycles. The lowest BCUT2D eigenvalue weighted by molar-refractivity contribution is 0.493. The zero-order valence-electron chi connectivity index (χ0n) is 11.8. The minimum absolute atomic E-state index is 0.742. The monoisotopic (exact) mass is 270 g/mol. The molecule has 0 amide bonds. The van der Waals surface area contributed by atoms with E-state index in [1.54, 1.807) is 0 Å². The van der Waals surface area contributed by atoms with Crippen LogP contribution >= 0.6 is 0 Å². The van der Waals surface area contributed by atoms with Crippen molar-refractivity contribution in [1.82, 2.24) is 9.13 Å².